The number of nitrogens with one attached hydrogen (secondary N) is 2. The summed E-state index contributed by atoms with van der Waals surface area (Å²) in [7, 11) is 0. The summed E-state index contributed by atoms with van der Waals surface area (Å²) >= 11 is 2.95. The minimum atomic E-state index is -0.0983. The van der Waals surface area contributed by atoms with Crippen LogP contribution in [0.3, 0.4) is 0 Å². The molecule has 0 unspecified atom stereocenters. The quantitative estimate of drug-likeness (QED) is 0.585. The van der Waals surface area contributed by atoms with E-state index in [9.17, 15) is 4.79 Å². The van der Waals surface area contributed by atoms with Crippen LogP contribution in [0.25, 0.3) is 0 Å². The zero-order valence-electron chi connectivity index (χ0n) is 15.1. The van der Waals surface area contributed by atoms with Gasteiger partial charge in [-0.05, 0) is 30.0 Å². The molecule has 5 nitrogen and oxygen atoms in total. The number of amides is 1. The fourth-order valence-corrected chi connectivity index (χ4v) is 3.95. The van der Waals surface area contributed by atoms with Crippen LogP contribution in [0.2, 0.25) is 0 Å². The Morgan fingerprint density at radius 2 is 1.81 bits per heavy atom. The lowest BCUT2D eigenvalue weighted by Crippen LogP contribution is -2.14. The summed E-state index contributed by atoms with van der Waals surface area (Å²) in [5.74, 6) is 0.259. The van der Waals surface area contributed by atoms with Crippen LogP contribution in [-0.2, 0) is 17.6 Å². The molecule has 0 aliphatic heterocycles. The van der Waals surface area contributed by atoms with Gasteiger partial charge in [0, 0.05) is 16.4 Å². The normalized spacial score (nSPS) is 10.9. The molecule has 26 heavy (non-hydrogen) atoms. The number of nitrogens with zero attached hydrogens (tertiary/aromatic N) is 2. The van der Waals surface area contributed by atoms with Gasteiger partial charge in [0.15, 0.2) is 10.3 Å². The Bertz CT molecular complexity index is 868. The minimum absolute atomic E-state index is 0.0983. The van der Waals surface area contributed by atoms with Crippen LogP contribution in [0.5, 0.6) is 0 Å². The van der Waals surface area contributed by atoms with Gasteiger partial charge in [-0.3, -0.25) is 4.79 Å². The van der Waals surface area contributed by atoms with Gasteiger partial charge in [0.1, 0.15) is 0 Å². The van der Waals surface area contributed by atoms with Gasteiger partial charge in [0.2, 0.25) is 5.91 Å². The lowest BCUT2D eigenvalue weighted by Gasteiger charge is -2.03. The number of thiazole rings is 2. The molecule has 0 saturated carbocycles. The standard InChI is InChI=1S/C19H22N4OS2/c1-4-13-5-7-14(8-6-13)20-18-21-15(10-25-18)9-17(24)23-19-22-16(11-26-19)12(2)3/h5-8,10-12H,4,9H2,1-3H3,(H,20,21)(H,22,23,24). The highest BCUT2D eigenvalue weighted by molar-refractivity contribution is 7.14. The number of anilines is 3. The Hall–Kier alpha value is -2.25. The van der Waals surface area contributed by atoms with Gasteiger partial charge in [-0.2, -0.15) is 0 Å². The summed E-state index contributed by atoms with van der Waals surface area (Å²) < 4.78 is 0. The zero-order valence-corrected chi connectivity index (χ0v) is 16.7. The molecular weight excluding hydrogens is 364 g/mol. The highest BCUT2D eigenvalue weighted by Gasteiger charge is 2.11. The fourth-order valence-electron chi connectivity index (χ4n) is 2.33. The van der Waals surface area contributed by atoms with E-state index in [0.29, 0.717) is 11.0 Å². The number of rotatable bonds is 7. The highest BCUT2D eigenvalue weighted by atomic mass is 32.1. The molecule has 136 valence electrons. The van der Waals surface area contributed by atoms with Gasteiger partial charge in [-0.15, -0.1) is 22.7 Å². The maximum absolute atomic E-state index is 12.2. The molecule has 0 aliphatic carbocycles. The number of hydrogen-bond donors (Lipinski definition) is 2. The van der Waals surface area contributed by atoms with E-state index in [0.717, 1.165) is 28.6 Å². The van der Waals surface area contributed by atoms with Crippen LogP contribution in [0, 0.1) is 0 Å². The third kappa shape index (κ3) is 4.89. The predicted molar refractivity (Wildman–Crippen MR) is 110 cm³/mol. The average Bonchev–Trinajstić information content (AvgIpc) is 3.25. The largest absolute Gasteiger partial charge is 0.332 e. The Kier molecular flexibility index (Phi) is 6.00. The van der Waals surface area contributed by atoms with Gasteiger partial charge in [0.25, 0.3) is 0 Å². The second-order valence-electron chi connectivity index (χ2n) is 6.28. The molecule has 0 aliphatic rings. The summed E-state index contributed by atoms with van der Waals surface area (Å²) in [6.45, 7) is 6.30. The SMILES string of the molecule is CCc1ccc(Nc2nc(CC(=O)Nc3nc(C(C)C)cs3)cs2)cc1. The van der Waals surface area contributed by atoms with Crippen molar-refractivity contribution in [3.05, 3.63) is 52.0 Å². The molecule has 0 atom stereocenters. The third-order valence-electron chi connectivity index (χ3n) is 3.87. The van der Waals surface area contributed by atoms with Crippen molar-refractivity contribution in [2.75, 3.05) is 10.6 Å². The van der Waals surface area contributed by atoms with Crippen molar-refractivity contribution < 1.29 is 4.79 Å². The molecule has 1 amide bonds. The van der Waals surface area contributed by atoms with Crippen LogP contribution in [-0.4, -0.2) is 15.9 Å². The first-order chi connectivity index (χ1) is 12.5. The van der Waals surface area contributed by atoms with E-state index in [1.807, 2.05) is 22.9 Å². The summed E-state index contributed by atoms with van der Waals surface area (Å²) in [6, 6.07) is 8.29. The number of carbonyl (C=O) groups is 1. The van der Waals surface area contributed by atoms with Crippen molar-refractivity contribution in [2.45, 2.75) is 39.5 Å². The van der Waals surface area contributed by atoms with E-state index in [1.165, 1.54) is 28.2 Å². The molecular formula is C19H22N4OS2. The van der Waals surface area contributed by atoms with E-state index in [2.05, 4.69) is 53.5 Å². The fraction of sp³-hybridized carbons (Fsp3) is 0.316. The number of hydrogen-bond acceptors (Lipinski definition) is 6. The summed E-state index contributed by atoms with van der Waals surface area (Å²) in [4.78, 5) is 21.1. The van der Waals surface area contributed by atoms with Gasteiger partial charge in [-0.1, -0.05) is 32.9 Å². The molecule has 0 saturated heterocycles. The summed E-state index contributed by atoms with van der Waals surface area (Å²) in [5.41, 5.74) is 4.05. The lowest BCUT2D eigenvalue weighted by atomic mass is 10.1. The van der Waals surface area contributed by atoms with Crippen molar-refractivity contribution in [3.8, 4) is 0 Å². The van der Waals surface area contributed by atoms with Crippen LogP contribution >= 0.6 is 22.7 Å². The Morgan fingerprint density at radius 3 is 2.46 bits per heavy atom. The Morgan fingerprint density at radius 1 is 1.08 bits per heavy atom. The summed E-state index contributed by atoms with van der Waals surface area (Å²) in [6.07, 6.45) is 1.26. The highest BCUT2D eigenvalue weighted by Crippen LogP contribution is 2.23. The van der Waals surface area contributed by atoms with Gasteiger partial charge >= 0.3 is 0 Å². The number of aryl methyl sites for hydroxylation is 1. The van der Waals surface area contributed by atoms with E-state index in [4.69, 9.17) is 0 Å². The zero-order chi connectivity index (χ0) is 18.5. The first-order valence-corrected chi connectivity index (χ1v) is 10.3. The monoisotopic (exact) mass is 386 g/mol. The van der Waals surface area contributed by atoms with Crippen LogP contribution < -0.4 is 10.6 Å². The van der Waals surface area contributed by atoms with Crippen LogP contribution in [0.15, 0.2) is 35.0 Å². The van der Waals surface area contributed by atoms with Crippen LogP contribution in [0.1, 0.15) is 43.6 Å². The minimum Gasteiger partial charge on any atom is -0.332 e. The van der Waals surface area contributed by atoms with E-state index < -0.39 is 0 Å². The number of benzene rings is 1. The van der Waals surface area contributed by atoms with Gasteiger partial charge in [-0.25, -0.2) is 9.97 Å². The van der Waals surface area contributed by atoms with E-state index in [1.54, 1.807) is 0 Å². The number of carbonyl (C=O) groups excluding carboxylic acids is 1. The lowest BCUT2D eigenvalue weighted by molar-refractivity contribution is -0.115. The van der Waals surface area contributed by atoms with E-state index in [-0.39, 0.29) is 12.3 Å². The molecule has 2 heterocycles. The van der Waals surface area contributed by atoms with Crippen molar-refractivity contribution >= 4 is 44.5 Å². The molecule has 7 heteroatoms. The first kappa shape index (κ1) is 18.5. The molecule has 0 bridgehead atoms. The van der Waals surface area contributed by atoms with Crippen molar-refractivity contribution in [3.63, 3.8) is 0 Å². The molecule has 3 aromatic rings. The maximum atomic E-state index is 12.2. The third-order valence-corrected chi connectivity index (χ3v) is 5.45. The Labute approximate surface area is 161 Å². The maximum Gasteiger partial charge on any atom is 0.232 e. The van der Waals surface area contributed by atoms with Crippen molar-refractivity contribution in [1.29, 1.82) is 0 Å². The average molecular weight is 387 g/mol. The topological polar surface area (TPSA) is 66.9 Å². The molecule has 1 aromatic carbocycles. The molecule has 0 spiro atoms. The predicted octanol–water partition coefficient (Wildman–Crippen LogP) is 5.21. The molecule has 2 N–H and O–H groups in total. The summed E-state index contributed by atoms with van der Waals surface area (Å²) in [5, 5.41) is 11.4. The van der Waals surface area contributed by atoms with E-state index >= 15 is 0 Å². The molecule has 0 radical (unpaired) electrons. The molecule has 3 rings (SSSR count). The Balaban J connectivity index is 1.55. The molecule has 2 aromatic heterocycles. The van der Waals surface area contributed by atoms with Gasteiger partial charge in [0.05, 0.1) is 17.8 Å². The smallest absolute Gasteiger partial charge is 0.232 e. The van der Waals surface area contributed by atoms with Crippen molar-refractivity contribution in [2.24, 2.45) is 0 Å². The van der Waals surface area contributed by atoms with Gasteiger partial charge < -0.3 is 10.6 Å². The second kappa shape index (κ2) is 8.42. The molecule has 0 fully saturated rings. The van der Waals surface area contributed by atoms with Crippen molar-refractivity contribution in [1.82, 2.24) is 9.97 Å². The van der Waals surface area contributed by atoms with Crippen LogP contribution in [0.4, 0.5) is 16.0 Å². The number of aromatic nitrogens is 2. The second-order valence-corrected chi connectivity index (χ2v) is 7.99. The first-order valence-electron chi connectivity index (χ1n) is 8.59.